The number of hydrogen-bond donors (Lipinski definition) is 2. The molecule has 32 heavy (non-hydrogen) atoms. The van der Waals surface area contributed by atoms with Crippen LogP contribution in [-0.4, -0.2) is 51.8 Å². The molecule has 9 heteroatoms. The van der Waals surface area contributed by atoms with Gasteiger partial charge in [0, 0.05) is 31.1 Å². The molecule has 1 unspecified atom stereocenters. The Balaban J connectivity index is 0.00000363. The van der Waals surface area contributed by atoms with E-state index >= 15 is 0 Å². The lowest BCUT2D eigenvalue weighted by atomic mass is 10.0. The topological polar surface area (TPSA) is 70.4 Å². The van der Waals surface area contributed by atoms with Crippen molar-refractivity contribution in [3.63, 3.8) is 0 Å². The lowest BCUT2D eigenvalue weighted by Gasteiger charge is -2.31. The molecule has 2 aromatic rings. The number of rotatable bonds is 9. The predicted molar refractivity (Wildman–Crippen MR) is 143 cm³/mol. The maximum Gasteiger partial charge on any atom is 0.191 e. The van der Waals surface area contributed by atoms with Crippen LogP contribution in [-0.2, 0) is 19.5 Å². The number of aliphatic imine (C=N–C) groups is 1. The molecule has 178 valence electrons. The van der Waals surface area contributed by atoms with Crippen LogP contribution in [0.1, 0.15) is 63.3 Å². The Morgan fingerprint density at radius 2 is 1.91 bits per heavy atom. The predicted octanol–water partition coefficient (Wildman–Crippen LogP) is 4.41. The highest BCUT2D eigenvalue weighted by molar-refractivity contribution is 14.0. The van der Waals surface area contributed by atoms with E-state index in [-0.39, 0.29) is 30.0 Å². The third-order valence-corrected chi connectivity index (χ3v) is 6.23. The number of halogens is 2. The summed E-state index contributed by atoms with van der Waals surface area (Å²) < 4.78 is 2.25. The number of fused-ring (bicyclic) bond motifs is 1. The molecule has 7 nitrogen and oxygen atoms in total. The first-order chi connectivity index (χ1) is 15.2. The zero-order chi connectivity index (χ0) is 22.1. The average Bonchev–Trinajstić information content (AvgIpc) is 3.01. The van der Waals surface area contributed by atoms with Gasteiger partial charge in [0.25, 0.3) is 0 Å². The maximum absolute atomic E-state index is 6.54. The van der Waals surface area contributed by atoms with Crippen molar-refractivity contribution in [2.45, 2.75) is 65.6 Å². The van der Waals surface area contributed by atoms with Gasteiger partial charge in [-0.2, -0.15) is 0 Å². The van der Waals surface area contributed by atoms with E-state index in [9.17, 15) is 0 Å². The van der Waals surface area contributed by atoms with E-state index < -0.39 is 0 Å². The zero-order valence-electron chi connectivity index (χ0n) is 19.5. The van der Waals surface area contributed by atoms with E-state index in [1.54, 1.807) is 0 Å². The Morgan fingerprint density at radius 1 is 1.12 bits per heavy atom. The van der Waals surface area contributed by atoms with Crippen LogP contribution >= 0.6 is 35.6 Å². The molecule has 1 aromatic carbocycles. The Hall–Kier alpha value is -1.39. The molecule has 2 heterocycles. The number of aryl methyl sites for hydroxylation is 1. The van der Waals surface area contributed by atoms with Crippen LogP contribution in [0.5, 0.6) is 0 Å². The van der Waals surface area contributed by atoms with Crippen molar-refractivity contribution in [1.82, 2.24) is 30.3 Å². The lowest BCUT2D eigenvalue weighted by Crippen LogP contribution is -2.43. The van der Waals surface area contributed by atoms with Gasteiger partial charge in [0.05, 0.1) is 6.04 Å². The summed E-state index contributed by atoms with van der Waals surface area (Å²) >= 11 is 6.54. The molecule has 3 rings (SSSR count). The van der Waals surface area contributed by atoms with Crippen LogP contribution in [0, 0.1) is 0 Å². The SMILES string of the molecule is CCNC(=NCc1nnc2n1CCCCC2)NCC(c1ccccc1Cl)N(CC)CC.I. The summed E-state index contributed by atoms with van der Waals surface area (Å²) in [5.74, 6) is 2.83. The van der Waals surface area contributed by atoms with Gasteiger partial charge in [-0.3, -0.25) is 4.90 Å². The van der Waals surface area contributed by atoms with Gasteiger partial charge in [-0.25, -0.2) is 4.99 Å². The molecule has 0 bridgehead atoms. The Bertz CT molecular complexity index is 851. The molecule has 1 atom stereocenters. The zero-order valence-corrected chi connectivity index (χ0v) is 22.6. The minimum atomic E-state index is 0. The minimum absolute atomic E-state index is 0. The van der Waals surface area contributed by atoms with Gasteiger partial charge in [0.2, 0.25) is 0 Å². The van der Waals surface area contributed by atoms with Crippen molar-refractivity contribution in [2.75, 3.05) is 26.2 Å². The van der Waals surface area contributed by atoms with Gasteiger partial charge in [-0.1, -0.05) is 50.1 Å². The first-order valence-corrected chi connectivity index (χ1v) is 12.0. The minimum Gasteiger partial charge on any atom is -0.357 e. The summed E-state index contributed by atoms with van der Waals surface area (Å²) in [5, 5.41) is 16.5. The van der Waals surface area contributed by atoms with Gasteiger partial charge < -0.3 is 15.2 Å². The van der Waals surface area contributed by atoms with Crippen molar-refractivity contribution < 1.29 is 0 Å². The van der Waals surface area contributed by atoms with Crippen LogP contribution in [0.15, 0.2) is 29.3 Å². The van der Waals surface area contributed by atoms with Crippen LogP contribution < -0.4 is 10.6 Å². The summed E-state index contributed by atoms with van der Waals surface area (Å²) in [5.41, 5.74) is 1.14. The molecular formula is C23H37ClIN7. The molecule has 0 amide bonds. The Kier molecular flexibility index (Phi) is 11.7. The highest BCUT2D eigenvalue weighted by atomic mass is 127. The van der Waals surface area contributed by atoms with Gasteiger partial charge in [-0.15, -0.1) is 34.2 Å². The number of benzene rings is 1. The second kappa shape index (κ2) is 14.0. The monoisotopic (exact) mass is 573 g/mol. The van der Waals surface area contributed by atoms with Crippen molar-refractivity contribution in [3.05, 3.63) is 46.5 Å². The normalized spacial score (nSPS) is 15.0. The summed E-state index contributed by atoms with van der Waals surface area (Å²) in [4.78, 5) is 7.23. The van der Waals surface area contributed by atoms with Crippen molar-refractivity contribution >= 4 is 41.5 Å². The molecule has 0 saturated heterocycles. The fourth-order valence-corrected chi connectivity index (χ4v) is 4.45. The van der Waals surface area contributed by atoms with Gasteiger partial charge in [-0.05, 0) is 44.5 Å². The summed E-state index contributed by atoms with van der Waals surface area (Å²) in [6.45, 7) is 11.4. The van der Waals surface area contributed by atoms with E-state index in [0.717, 1.165) is 67.3 Å². The van der Waals surface area contributed by atoms with Crippen LogP contribution in [0.2, 0.25) is 5.02 Å². The Labute approximate surface area is 214 Å². The van der Waals surface area contributed by atoms with E-state index in [2.05, 4.69) is 57.1 Å². The largest absolute Gasteiger partial charge is 0.357 e. The number of nitrogens with one attached hydrogen (secondary N) is 2. The lowest BCUT2D eigenvalue weighted by molar-refractivity contribution is 0.219. The summed E-state index contributed by atoms with van der Waals surface area (Å²) in [7, 11) is 0. The van der Waals surface area contributed by atoms with Crippen molar-refractivity contribution in [3.8, 4) is 0 Å². The van der Waals surface area contributed by atoms with Crippen LogP contribution in [0.4, 0.5) is 0 Å². The summed E-state index contributed by atoms with van der Waals surface area (Å²) in [6, 6.07) is 8.27. The molecule has 0 fully saturated rings. The van der Waals surface area contributed by atoms with Crippen LogP contribution in [0.25, 0.3) is 0 Å². The molecule has 2 N–H and O–H groups in total. The third-order valence-electron chi connectivity index (χ3n) is 5.89. The molecule has 0 saturated carbocycles. The Morgan fingerprint density at radius 3 is 2.62 bits per heavy atom. The van der Waals surface area contributed by atoms with E-state index in [4.69, 9.17) is 16.6 Å². The molecule has 0 radical (unpaired) electrons. The fraction of sp³-hybridized carbons (Fsp3) is 0.609. The highest BCUT2D eigenvalue weighted by Crippen LogP contribution is 2.27. The maximum atomic E-state index is 6.54. The molecule has 1 aromatic heterocycles. The third kappa shape index (κ3) is 7.05. The first-order valence-electron chi connectivity index (χ1n) is 11.6. The molecule has 0 spiro atoms. The number of hydrogen-bond acceptors (Lipinski definition) is 4. The summed E-state index contributed by atoms with van der Waals surface area (Å²) in [6.07, 6.45) is 4.65. The molecule has 1 aliphatic rings. The van der Waals surface area contributed by atoms with Gasteiger partial charge in [0.15, 0.2) is 11.8 Å². The van der Waals surface area contributed by atoms with Gasteiger partial charge >= 0.3 is 0 Å². The average molecular weight is 574 g/mol. The quantitative estimate of drug-likeness (QED) is 0.264. The first kappa shape index (κ1) is 26.9. The van der Waals surface area contributed by atoms with Crippen LogP contribution in [0.3, 0.4) is 0 Å². The van der Waals surface area contributed by atoms with E-state index in [1.807, 2.05) is 18.2 Å². The van der Waals surface area contributed by atoms with Crippen molar-refractivity contribution in [1.29, 1.82) is 0 Å². The second-order valence-corrected chi connectivity index (χ2v) is 8.24. The van der Waals surface area contributed by atoms with E-state index in [0.29, 0.717) is 6.54 Å². The number of likely N-dealkylation sites (N-methyl/N-ethyl adjacent to an activating group) is 1. The fourth-order valence-electron chi connectivity index (χ4n) is 4.19. The van der Waals surface area contributed by atoms with Crippen molar-refractivity contribution in [2.24, 2.45) is 4.99 Å². The number of guanidine groups is 1. The second-order valence-electron chi connectivity index (χ2n) is 7.83. The van der Waals surface area contributed by atoms with E-state index in [1.165, 1.54) is 19.3 Å². The van der Waals surface area contributed by atoms with Gasteiger partial charge in [0.1, 0.15) is 12.4 Å². The highest BCUT2D eigenvalue weighted by Gasteiger charge is 2.21. The molecule has 0 aliphatic carbocycles. The standard InChI is InChI=1S/C23H36ClN7.HI/c1-4-25-23(27-17-22-29-28-21-14-8-7-11-15-31(21)22)26-16-20(30(5-2)6-3)18-12-9-10-13-19(18)24;/h9-10,12-13,20H,4-8,11,14-17H2,1-3H3,(H2,25,26,27);1H. The molecular weight excluding hydrogens is 537 g/mol. The number of nitrogens with zero attached hydrogens (tertiary/aromatic N) is 5. The smallest absolute Gasteiger partial charge is 0.191 e. The number of aromatic nitrogens is 3. The molecule has 1 aliphatic heterocycles.